The van der Waals surface area contributed by atoms with Crippen molar-refractivity contribution in [2.75, 3.05) is 13.2 Å². The van der Waals surface area contributed by atoms with Crippen LogP contribution < -0.4 is 0 Å². The van der Waals surface area contributed by atoms with Crippen molar-refractivity contribution in [1.29, 1.82) is 0 Å². The second-order valence-corrected chi connectivity index (χ2v) is 6.07. The topological polar surface area (TPSA) is 146 Å². The van der Waals surface area contributed by atoms with Gasteiger partial charge in [0.05, 0.1) is 0 Å². The Balaban J connectivity index is 5.17. The molecule has 0 radical (unpaired) electrons. The quantitative estimate of drug-likeness (QED) is 0.343. The molecule has 26 heavy (non-hydrogen) atoms. The van der Waals surface area contributed by atoms with Gasteiger partial charge in [-0.2, -0.15) is 52.0 Å². The van der Waals surface area contributed by atoms with Crippen molar-refractivity contribution in [3.63, 3.8) is 0 Å². The van der Waals surface area contributed by atoms with Crippen LogP contribution in [0.4, 0.5) is 35.1 Å². The molecule has 0 saturated carbocycles. The highest BCUT2D eigenvalue weighted by molar-refractivity contribution is 7.81. The van der Waals surface area contributed by atoms with E-state index in [2.05, 4.69) is 17.8 Å². The van der Waals surface area contributed by atoms with Crippen molar-refractivity contribution in [2.24, 2.45) is 0 Å². The highest BCUT2D eigenvalue weighted by atomic mass is 32.3. The van der Waals surface area contributed by atoms with Gasteiger partial charge in [0.25, 0.3) is 0 Å². The third-order valence-corrected chi connectivity index (χ3v) is 2.48. The molecule has 0 amide bonds. The summed E-state index contributed by atoms with van der Waals surface area (Å²) in [6.45, 7) is -5.53. The average Bonchev–Trinajstić information content (AvgIpc) is 2.30. The molecule has 0 spiro atoms. The molecular formula is C6H6F8O10S2. The van der Waals surface area contributed by atoms with Crippen molar-refractivity contribution >= 4 is 20.8 Å². The van der Waals surface area contributed by atoms with Crippen LogP contribution in [0.5, 0.6) is 0 Å². The largest absolute Gasteiger partial charge is 0.453 e. The summed E-state index contributed by atoms with van der Waals surface area (Å²) in [5.74, 6) is 0. The van der Waals surface area contributed by atoms with Gasteiger partial charge in [0.1, 0.15) is 0 Å². The first-order valence-electron chi connectivity index (χ1n) is 5.23. The van der Waals surface area contributed by atoms with Crippen LogP contribution in [0, 0.1) is 0 Å². The fourth-order valence-electron chi connectivity index (χ4n) is 0.839. The molecule has 0 heterocycles. The number of alkyl halides is 8. The fourth-order valence-corrected chi connectivity index (χ4v) is 1.41. The van der Waals surface area contributed by atoms with Gasteiger partial charge in [0.15, 0.2) is 13.2 Å². The van der Waals surface area contributed by atoms with E-state index in [1.807, 2.05) is 0 Å². The normalized spacial score (nSPS) is 15.3. The first-order valence-corrected chi connectivity index (χ1v) is 7.96. The molecule has 2 N–H and O–H groups in total. The van der Waals surface area contributed by atoms with Gasteiger partial charge in [-0.1, -0.05) is 0 Å². The second-order valence-electron chi connectivity index (χ2n) is 3.89. The summed E-state index contributed by atoms with van der Waals surface area (Å²) in [4.78, 5) is 0. The molecule has 0 aromatic rings. The number of ether oxygens (including phenoxy) is 2. The zero-order chi connectivity index (χ0) is 21.2. The Morgan fingerprint density at radius 3 is 1.04 bits per heavy atom. The molecule has 10 nitrogen and oxygen atoms in total. The minimum Gasteiger partial charge on any atom is -0.264 e. The average molecular weight is 454 g/mol. The molecule has 0 aromatic heterocycles. The first kappa shape index (κ1) is 25.1. The third kappa shape index (κ3) is 9.70. The van der Waals surface area contributed by atoms with E-state index in [1.54, 1.807) is 0 Å². The monoisotopic (exact) mass is 454 g/mol. The van der Waals surface area contributed by atoms with E-state index >= 15 is 0 Å². The number of hydrogen-bond donors (Lipinski definition) is 2. The standard InChI is InChI=1S/C6H6F8O10S2/c7-3(8,1-21-25(15,16)17)23-5(11,12)6(13,14)24-4(9,10)2-22-26(18,19)20/h1-2H2,(H,15,16,17)(H,18,19,20). The smallest absolute Gasteiger partial charge is 0.264 e. The zero-order valence-electron chi connectivity index (χ0n) is 11.4. The van der Waals surface area contributed by atoms with Crippen LogP contribution in [-0.2, 0) is 38.6 Å². The van der Waals surface area contributed by atoms with E-state index < -0.39 is 58.4 Å². The van der Waals surface area contributed by atoms with Crippen LogP contribution in [-0.4, -0.2) is 63.6 Å². The Morgan fingerprint density at radius 2 is 0.846 bits per heavy atom. The molecule has 158 valence electrons. The highest BCUT2D eigenvalue weighted by Crippen LogP contribution is 2.43. The molecule has 0 aliphatic rings. The van der Waals surface area contributed by atoms with Crippen LogP contribution in [0.1, 0.15) is 0 Å². The number of halogens is 8. The molecule has 0 aromatic carbocycles. The van der Waals surface area contributed by atoms with Crippen molar-refractivity contribution in [2.45, 2.75) is 24.4 Å². The summed E-state index contributed by atoms with van der Waals surface area (Å²) in [6.07, 6.45) is -24.3. The van der Waals surface area contributed by atoms with Crippen LogP contribution in [0.25, 0.3) is 0 Å². The van der Waals surface area contributed by atoms with Gasteiger partial charge in [-0.25, -0.2) is 17.8 Å². The third-order valence-electron chi connectivity index (χ3n) is 1.65. The highest BCUT2D eigenvalue weighted by Gasteiger charge is 2.67. The summed E-state index contributed by atoms with van der Waals surface area (Å²) in [7, 11) is -11.3. The van der Waals surface area contributed by atoms with Gasteiger partial charge in [-0.15, -0.1) is 0 Å². The fraction of sp³-hybridized carbons (Fsp3) is 1.00. The number of rotatable bonds is 11. The van der Waals surface area contributed by atoms with Crippen molar-refractivity contribution < 1.29 is 78.9 Å². The number of hydrogen-bond acceptors (Lipinski definition) is 8. The maximum Gasteiger partial charge on any atom is 0.453 e. The van der Waals surface area contributed by atoms with Crippen molar-refractivity contribution in [1.82, 2.24) is 0 Å². The maximum absolute atomic E-state index is 12.9. The summed E-state index contributed by atoms with van der Waals surface area (Å²) >= 11 is 0. The Morgan fingerprint density at radius 1 is 0.615 bits per heavy atom. The van der Waals surface area contributed by atoms with Crippen LogP contribution in [0.2, 0.25) is 0 Å². The van der Waals surface area contributed by atoms with Gasteiger partial charge < -0.3 is 0 Å². The van der Waals surface area contributed by atoms with E-state index in [-0.39, 0.29) is 0 Å². The molecule has 0 unspecified atom stereocenters. The Bertz CT molecular complexity index is 628. The van der Waals surface area contributed by atoms with Crippen molar-refractivity contribution in [3.05, 3.63) is 0 Å². The van der Waals surface area contributed by atoms with Gasteiger partial charge in [0.2, 0.25) is 0 Å². The summed E-state index contributed by atoms with van der Waals surface area (Å²) in [5, 5.41) is 0. The lowest BCUT2D eigenvalue weighted by Gasteiger charge is -2.30. The molecule has 0 aliphatic carbocycles. The molecule has 0 aliphatic heterocycles. The molecular weight excluding hydrogens is 448 g/mol. The zero-order valence-corrected chi connectivity index (χ0v) is 13.0. The molecule has 20 heteroatoms. The van der Waals surface area contributed by atoms with E-state index in [0.717, 1.165) is 0 Å². The molecule has 0 atom stereocenters. The lowest BCUT2D eigenvalue weighted by atomic mass is 10.5. The van der Waals surface area contributed by atoms with E-state index in [9.17, 15) is 52.0 Å². The lowest BCUT2D eigenvalue weighted by Crippen LogP contribution is -2.53. The van der Waals surface area contributed by atoms with Crippen LogP contribution >= 0.6 is 0 Å². The van der Waals surface area contributed by atoms with Crippen LogP contribution in [0.3, 0.4) is 0 Å². The second kappa shape index (κ2) is 7.61. The van der Waals surface area contributed by atoms with Crippen molar-refractivity contribution in [3.8, 4) is 0 Å². The van der Waals surface area contributed by atoms with Gasteiger partial charge in [0, 0.05) is 0 Å². The van der Waals surface area contributed by atoms with Crippen LogP contribution in [0.15, 0.2) is 0 Å². The summed E-state index contributed by atoms with van der Waals surface area (Å²) in [5.41, 5.74) is 0. The molecule has 0 saturated heterocycles. The Hall–Kier alpha value is -0.900. The van der Waals surface area contributed by atoms with E-state index in [1.165, 1.54) is 0 Å². The van der Waals surface area contributed by atoms with Gasteiger partial charge in [-0.3, -0.25) is 9.11 Å². The van der Waals surface area contributed by atoms with E-state index in [4.69, 9.17) is 9.11 Å². The van der Waals surface area contributed by atoms with Gasteiger partial charge >= 0.3 is 45.2 Å². The maximum atomic E-state index is 12.9. The molecule has 0 rings (SSSR count). The molecule has 0 fully saturated rings. The SMILES string of the molecule is O=S(=O)(O)OCC(F)(F)OC(F)(F)C(F)(F)OC(F)(F)COS(=O)(=O)O. The predicted molar refractivity (Wildman–Crippen MR) is 57.0 cm³/mol. The molecule has 0 bridgehead atoms. The lowest BCUT2D eigenvalue weighted by molar-refractivity contribution is -0.514. The summed E-state index contributed by atoms with van der Waals surface area (Å²) < 4.78 is 169. The minimum atomic E-state index is -6.57. The first-order chi connectivity index (χ1) is 11.1. The van der Waals surface area contributed by atoms with E-state index in [0.29, 0.717) is 0 Å². The predicted octanol–water partition coefficient (Wildman–Crippen LogP) is 1.03. The van der Waals surface area contributed by atoms with Gasteiger partial charge in [-0.05, 0) is 0 Å². The Labute approximate surface area is 138 Å². The Kier molecular flexibility index (Phi) is 7.35. The minimum absolute atomic E-state index is 2.19. The summed E-state index contributed by atoms with van der Waals surface area (Å²) in [6, 6.07) is 0.